The molecule has 0 aliphatic rings. The van der Waals surface area contributed by atoms with Crippen LogP contribution in [0.2, 0.25) is 5.02 Å². The molecular formula is C24H21BrClN3O5S. The van der Waals surface area contributed by atoms with Gasteiger partial charge in [-0.1, -0.05) is 11.6 Å². The lowest BCUT2D eigenvalue weighted by Gasteiger charge is -2.19. The molecule has 4 rings (SSSR count). The number of carbonyl (C=O) groups is 1. The minimum absolute atomic E-state index is 0.158. The van der Waals surface area contributed by atoms with Crippen LogP contribution in [-0.4, -0.2) is 41.1 Å². The Labute approximate surface area is 215 Å². The van der Waals surface area contributed by atoms with Gasteiger partial charge >= 0.3 is 6.09 Å². The lowest BCUT2D eigenvalue weighted by molar-refractivity contribution is 0.0521. The fourth-order valence-electron chi connectivity index (χ4n) is 3.31. The predicted molar refractivity (Wildman–Crippen MR) is 137 cm³/mol. The second-order valence-corrected chi connectivity index (χ2v) is 11.9. The van der Waals surface area contributed by atoms with E-state index in [0.29, 0.717) is 37.5 Å². The van der Waals surface area contributed by atoms with Crippen molar-refractivity contribution in [1.29, 1.82) is 0 Å². The van der Waals surface area contributed by atoms with Crippen molar-refractivity contribution >= 4 is 54.4 Å². The largest absolute Gasteiger partial charge is 0.455 e. The third-order valence-corrected chi connectivity index (χ3v) is 6.79. The van der Waals surface area contributed by atoms with E-state index >= 15 is 0 Å². The first-order valence-corrected chi connectivity index (χ1v) is 13.4. The zero-order valence-corrected chi connectivity index (χ0v) is 22.4. The molecule has 8 nitrogen and oxygen atoms in total. The Morgan fingerprint density at radius 1 is 1.11 bits per heavy atom. The second-order valence-electron chi connectivity index (χ2n) is 8.73. The number of halogens is 2. The summed E-state index contributed by atoms with van der Waals surface area (Å²) in [5.74, 6) is 0.631. The van der Waals surface area contributed by atoms with Crippen LogP contribution < -0.4 is 4.74 Å². The fraction of sp³-hybridized carbons (Fsp3) is 0.208. The molecule has 0 atom stereocenters. The first-order valence-electron chi connectivity index (χ1n) is 10.4. The molecule has 11 heteroatoms. The van der Waals surface area contributed by atoms with Gasteiger partial charge in [0.2, 0.25) is 0 Å². The van der Waals surface area contributed by atoms with Gasteiger partial charge in [-0.25, -0.2) is 13.2 Å². The molecule has 2 aromatic heterocycles. The van der Waals surface area contributed by atoms with Crippen molar-refractivity contribution < 1.29 is 22.7 Å². The van der Waals surface area contributed by atoms with E-state index in [1.807, 2.05) is 0 Å². The molecule has 0 radical (unpaired) electrons. The number of hydrogen-bond acceptors (Lipinski definition) is 7. The first kappa shape index (κ1) is 25.2. The summed E-state index contributed by atoms with van der Waals surface area (Å²) in [5.41, 5.74) is 0.765. The molecule has 0 aliphatic carbocycles. The Bertz CT molecular complexity index is 1540. The molecule has 0 unspecified atom stereocenters. The minimum atomic E-state index is -3.37. The van der Waals surface area contributed by atoms with Crippen LogP contribution in [-0.2, 0) is 14.6 Å². The highest BCUT2D eigenvalue weighted by Crippen LogP contribution is 2.39. The van der Waals surface area contributed by atoms with E-state index in [9.17, 15) is 13.2 Å². The number of ether oxygens (including phenoxy) is 2. The molecule has 0 spiro atoms. The molecule has 0 amide bonds. The molecule has 0 bridgehead atoms. The fourth-order valence-corrected chi connectivity index (χ4v) is 4.63. The Morgan fingerprint density at radius 2 is 1.80 bits per heavy atom. The summed E-state index contributed by atoms with van der Waals surface area (Å²) in [6.07, 6.45) is 2.06. The van der Waals surface area contributed by atoms with Crippen molar-refractivity contribution in [2.24, 2.45) is 0 Å². The highest BCUT2D eigenvalue weighted by Gasteiger charge is 2.25. The summed E-state index contributed by atoms with van der Waals surface area (Å²) in [6, 6.07) is 12.9. The zero-order chi connectivity index (χ0) is 25.5. The van der Waals surface area contributed by atoms with Crippen molar-refractivity contribution in [3.8, 4) is 22.8 Å². The summed E-state index contributed by atoms with van der Waals surface area (Å²) < 4.78 is 36.8. The average Bonchev–Trinajstić information content (AvgIpc) is 3.10. The summed E-state index contributed by atoms with van der Waals surface area (Å²) >= 11 is 9.81. The van der Waals surface area contributed by atoms with Crippen LogP contribution in [0.3, 0.4) is 0 Å². The van der Waals surface area contributed by atoms with E-state index in [0.717, 1.165) is 10.9 Å². The van der Waals surface area contributed by atoms with Crippen LogP contribution in [0.15, 0.2) is 64.2 Å². The molecule has 0 saturated carbocycles. The van der Waals surface area contributed by atoms with Gasteiger partial charge in [-0.15, -0.1) is 0 Å². The third kappa shape index (κ3) is 5.50. The number of hydrogen-bond donors (Lipinski definition) is 0. The number of pyridine rings is 1. The van der Waals surface area contributed by atoms with Crippen molar-refractivity contribution in [2.75, 3.05) is 6.26 Å². The number of nitrogens with zero attached hydrogens (tertiary/aromatic N) is 3. The van der Waals surface area contributed by atoms with Crippen LogP contribution in [0, 0.1) is 0 Å². The van der Waals surface area contributed by atoms with Gasteiger partial charge in [0, 0.05) is 23.4 Å². The normalized spacial score (nSPS) is 12.1. The summed E-state index contributed by atoms with van der Waals surface area (Å²) in [7, 11) is -3.37. The van der Waals surface area contributed by atoms with Gasteiger partial charge in [-0.05, 0) is 85.2 Å². The van der Waals surface area contributed by atoms with Crippen molar-refractivity contribution in [2.45, 2.75) is 31.3 Å². The molecule has 2 heterocycles. The molecular weight excluding hydrogens is 558 g/mol. The Hall–Kier alpha value is -2.95. The maximum absolute atomic E-state index is 13.0. The van der Waals surface area contributed by atoms with E-state index in [-0.39, 0.29) is 10.6 Å². The van der Waals surface area contributed by atoms with E-state index in [1.165, 1.54) is 24.3 Å². The smallest absolute Gasteiger partial charge is 0.435 e. The lowest BCUT2D eigenvalue weighted by atomic mass is 10.1. The topological polar surface area (TPSA) is 100 Å². The average molecular weight is 579 g/mol. The van der Waals surface area contributed by atoms with E-state index in [2.05, 4.69) is 26.0 Å². The van der Waals surface area contributed by atoms with Gasteiger partial charge in [-0.2, -0.15) is 9.78 Å². The molecule has 2 aromatic carbocycles. The Balaban J connectivity index is 1.91. The molecule has 0 N–H and O–H groups in total. The van der Waals surface area contributed by atoms with Crippen LogP contribution >= 0.6 is 27.5 Å². The van der Waals surface area contributed by atoms with Crippen molar-refractivity contribution in [3.05, 3.63) is 64.4 Å². The van der Waals surface area contributed by atoms with E-state index in [4.69, 9.17) is 21.1 Å². The predicted octanol–water partition coefficient (Wildman–Crippen LogP) is 6.49. The van der Waals surface area contributed by atoms with Crippen LogP contribution in [0.1, 0.15) is 20.8 Å². The molecule has 4 aromatic rings. The third-order valence-electron chi connectivity index (χ3n) is 4.77. The van der Waals surface area contributed by atoms with Crippen LogP contribution in [0.25, 0.3) is 22.2 Å². The maximum atomic E-state index is 13.0. The molecule has 0 saturated heterocycles. The molecule has 0 aliphatic heterocycles. The van der Waals surface area contributed by atoms with Crippen molar-refractivity contribution in [1.82, 2.24) is 14.8 Å². The summed E-state index contributed by atoms with van der Waals surface area (Å²) in [6.45, 7) is 5.27. The van der Waals surface area contributed by atoms with Gasteiger partial charge in [0.05, 0.1) is 15.6 Å². The van der Waals surface area contributed by atoms with Gasteiger partial charge in [0.1, 0.15) is 21.5 Å². The maximum Gasteiger partial charge on any atom is 0.435 e. The Morgan fingerprint density at radius 3 is 2.40 bits per heavy atom. The summed E-state index contributed by atoms with van der Waals surface area (Å²) in [4.78, 5) is 17.5. The number of rotatable bonds is 4. The van der Waals surface area contributed by atoms with Gasteiger partial charge in [0.15, 0.2) is 15.6 Å². The van der Waals surface area contributed by atoms with Gasteiger partial charge < -0.3 is 9.47 Å². The second kappa shape index (κ2) is 9.25. The minimum Gasteiger partial charge on any atom is -0.455 e. The summed E-state index contributed by atoms with van der Waals surface area (Å²) in [5, 5.41) is 5.33. The molecule has 0 fully saturated rings. The molecule has 182 valence electrons. The number of carbonyl (C=O) groups excluding carboxylic acids is 1. The number of sulfone groups is 1. The van der Waals surface area contributed by atoms with Crippen molar-refractivity contribution in [3.63, 3.8) is 0 Å². The number of benzene rings is 2. The Kier molecular flexibility index (Phi) is 6.65. The highest BCUT2D eigenvalue weighted by molar-refractivity contribution is 9.10. The lowest BCUT2D eigenvalue weighted by Crippen LogP contribution is -2.27. The SMILES string of the molecule is CC(C)(C)OC(=O)n1nc(Br)c2cc(-c3ncccc3Cl)cc(Oc3ccc(S(C)(=O)=O)cc3)c21. The standard InChI is InChI=1S/C24H21BrClN3O5S/c1-24(2,3)34-23(30)29-21-17(22(25)28-29)12-14(20-18(26)6-5-11-27-20)13-19(21)33-15-7-9-16(10-8-15)35(4,31)32/h5-13H,1-4H3. The first-order chi connectivity index (χ1) is 16.3. The quantitative estimate of drug-likeness (QED) is 0.273. The van der Waals surface area contributed by atoms with E-state index < -0.39 is 21.5 Å². The number of aromatic nitrogens is 3. The van der Waals surface area contributed by atoms with Crippen LogP contribution in [0.5, 0.6) is 11.5 Å². The highest BCUT2D eigenvalue weighted by atomic mass is 79.9. The van der Waals surface area contributed by atoms with Gasteiger partial charge in [0.25, 0.3) is 0 Å². The zero-order valence-electron chi connectivity index (χ0n) is 19.2. The number of fused-ring (bicyclic) bond motifs is 1. The van der Waals surface area contributed by atoms with E-state index in [1.54, 1.807) is 51.2 Å². The van der Waals surface area contributed by atoms with Gasteiger partial charge in [-0.3, -0.25) is 4.98 Å². The molecule has 35 heavy (non-hydrogen) atoms. The monoisotopic (exact) mass is 577 g/mol. The van der Waals surface area contributed by atoms with Crippen LogP contribution in [0.4, 0.5) is 4.79 Å².